The van der Waals surface area contributed by atoms with Gasteiger partial charge in [0.25, 0.3) is 0 Å². The van der Waals surface area contributed by atoms with Crippen molar-refractivity contribution >= 4 is 17.2 Å². The van der Waals surface area contributed by atoms with Gasteiger partial charge in [0, 0.05) is 6.42 Å². The number of amides is 1. The first-order valence-corrected chi connectivity index (χ1v) is 12.4. The lowest BCUT2D eigenvalue weighted by molar-refractivity contribution is -0.151. The number of hydrogen-bond donors (Lipinski definition) is 5. The highest BCUT2D eigenvalue weighted by Gasteiger charge is 2.57. The van der Waals surface area contributed by atoms with Crippen molar-refractivity contribution in [1.29, 1.82) is 5.26 Å². The fourth-order valence-electron chi connectivity index (χ4n) is 4.48. The van der Waals surface area contributed by atoms with Gasteiger partial charge in [0.15, 0.2) is 12.1 Å². The zero-order valence-electron chi connectivity index (χ0n) is 21.4. The number of halogens is 1. The van der Waals surface area contributed by atoms with Crippen molar-refractivity contribution in [2.24, 2.45) is 11.7 Å². The summed E-state index contributed by atoms with van der Waals surface area (Å²) in [5.41, 5.74) is 5.05. The number of aliphatic hydroxyl groups excluding tert-OH is 3. The summed E-state index contributed by atoms with van der Waals surface area (Å²) < 4.78 is 25.7. The van der Waals surface area contributed by atoms with E-state index < -0.39 is 48.0 Å². The average molecular weight is 543 g/mol. The molecule has 12 nitrogen and oxygen atoms in total. The molecule has 0 radical (unpaired) electrons. The van der Waals surface area contributed by atoms with Crippen LogP contribution in [0.15, 0.2) is 42.7 Å². The summed E-state index contributed by atoms with van der Waals surface area (Å²) in [6.45, 7) is 3.56. The van der Waals surface area contributed by atoms with Crippen LogP contribution in [0.25, 0.3) is 5.52 Å². The van der Waals surface area contributed by atoms with Gasteiger partial charge in [-0.2, -0.15) is 10.4 Å². The summed E-state index contributed by atoms with van der Waals surface area (Å²) >= 11 is 0. The predicted octanol–water partition coefficient (Wildman–Crippen LogP) is 0.597. The van der Waals surface area contributed by atoms with Crippen LogP contribution in [0, 0.1) is 23.1 Å². The molecule has 0 spiro atoms. The third-order valence-electron chi connectivity index (χ3n) is 6.53. The van der Waals surface area contributed by atoms with E-state index in [1.165, 1.54) is 40.9 Å². The highest BCUT2D eigenvalue weighted by molar-refractivity contribution is 5.97. The minimum atomic E-state index is -2.03. The lowest BCUT2D eigenvalue weighted by Gasteiger charge is -2.24. The number of aromatic nitrogens is 3. The van der Waals surface area contributed by atoms with E-state index in [-0.39, 0.29) is 36.0 Å². The lowest BCUT2D eigenvalue weighted by atomic mass is 9.92. The highest BCUT2D eigenvalue weighted by Crippen LogP contribution is 2.40. The number of anilines is 1. The highest BCUT2D eigenvalue weighted by atomic mass is 19.1. The third kappa shape index (κ3) is 5.91. The molecule has 1 saturated heterocycles. The zero-order valence-corrected chi connectivity index (χ0v) is 21.4. The molecule has 6 N–H and O–H groups in total. The van der Waals surface area contributed by atoms with Crippen LogP contribution in [-0.2, 0) is 26.3 Å². The van der Waals surface area contributed by atoms with E-state index in [2.05, 4.69) is 15.4 Å². The van der Waals surface area contributed by atoms with Crippen molar-refractivity contribution in [2.45, 2.75) is 62.9 Å². The van der Waals surface area contributed by atoms with Crippen molar-refractivity contribution < 1.29 is 34.0 Å². The van der Waals surface area contributed by atoms with Gasteiger partial charge in [-0.25, -0.2) is 13.9 Å². The molecule has 6 atom stereocenters. The van der Waals surface area contributed by atoms with Crippen molar-refractivity contribution in [3.63, 3.8) is 0 Å². The second-order valence-corrected chi connectivity index (χ2v) is 9.91. The summed E-state index contributed by atoms with van der Waals surface area (Å²) in [6.07, 6.45) is -3.72. The molecule has 3 heterocycles. The number of nitrogens with zero attached hydrogens (tertiary/aromatic N) is 4. The number of carbonyl (C=O) groups is 1. The minimum Gasteiger partial charge on any atom is -0.387 e. The maximum atomic E-state index is 13.2. The maximum Gasteiger partial charge on any atom is 0.242 e. The molecule has 1 aliphatic heterocycles. The van der Waals surface area contributed by atoms with E-state index in [1.807, 2.05) is 19.9 Å². The van der Waals surface area contributed by atoms with Crippen LogP contribution < -0.4 is 11.1 Å². The van der Waals surface area contributed by atoms with Gasteiger partial charge < -0.3 is 35.8 Å². The molecule has 1 unspecified atom stereocenters. The second-order valence-electron chi connectivity index (χ2n) is 9.91. The number of fused-ring (bicyclic) bond motifs is 1. The summed E-state index contributed by atoms with van der Waals surface area (Å²) in [6, 6.07) is 9.61. The average Bonchev–Trinajstić information content (AvgIpc) is 3.44. The number of benzene rings is 1. The van der Waals surface area contributed by atoms with E-state index in [4.69, 9.17) is 15.2 Å². The number of ether oxygens (including phenoxy) is 2. The van der Waals surface area contributed by atoms with Crippen LogP contribution in [-0.4, -0.2) is 73.1 Å². The first-order chi connectivity index (χ1) is 18.6. The van der Waals surface area contributed by atoms with E-state index >= 15 is 0 Å². The molecule has 13 heteroatoms. The van der Waals surface area contributed by atoms with Gasteiger partial charge in [-0.1, -0.05) is 26.0 Å². The first kappa shape index (κ1) is 28.5. The maximum absolute atomic E-state index is 13.2. The van der Waals surface area contributed by atoms with E-state index in [0.29, 0.717) is 12.0 Å². The Labute approximate surface area is 223 Å². The van der Waals surface area contributed by atoms with E-state index in [9.17, 15) is 29.8 Å². The monoisotopic (exact) mass is 542 g/mol. The number of rotatable bonds is 10. The third-order valence-corrected chi connectivity index (χ3v) is 6.53. The molecule has 0 aliphatic carbocycles. The van der Waals surface area contributed by atoms with Crippen LogP contribution in [0.5, 0.6) is 0 Å². The Kier molecular flexibility index (Phi) is 8.55. The Morgan fingerprint density at radius 2 is 2.03 bits per heavy atom. The van der Waals surface area contributed by atoms with Crippen LogP contribution in [0.2, 0.25) is 0 Å². The summed E-state index contributed by atoms with van der Waals surface area (Å²) in [5, 5.41) is 48.4. The second kappa shape index (κ2) is 11.7. The topological polar surface area (TPSA) is 188 Å². The molecule has 1 amide bonds. The molecule has 208 valence electrons. The van der Waals surface area contributed by atoms with Crippen LogP contribution >= 0.6 is 0 Å². The Balaban J connectivity index is 1.54. The quantitative estimate of drug-likeness (QED) is 0.227. The Morgan fingerprint density at radius 3 is 2.69 bits per heavy atom. The largest absolute Gasteiger partial charge is 0.387 e. The number of carbonyl (C=O) groups excluding carboxylic acids is 1. The molecule has 4 rings (SSSR count). The van der Waals surface area contributed by atoms with Crippen LogP contribution in [0.3, 0.4) is 0 Å². The number of nitrogens with one attached hydrogen (secondary N) is 1. The molecular formula is C26H31FN6O6. The van der Waals surface area contributed by atoms with Crippen molar-refractivity contribution in [3.8, 4) is 6.07 Å². The summed E-state index contributed by atoms with van der Waals surface area (Å²) in [7, 11) is 0. The lowest BCUT2D eigenvalue weighted by Crippen LogP contribution is -2.41. The van der Waals surface area contributed by atoms with E-state index in [1.54, 1.807) is 0 Å². The molecule has 2 aromatic heterocycles. The molecule has 39 heavy (non-hydrogen) atoms. The van der Waals surface area contributed by atoms with Gasteiger partial charge in [-0.05, 0) is 42.2 Å². The van der Waals surface area contributed by atoms with Gasteiger partial charge in [0.1, 0.15) is 42.0 Å². The van der Waals surface area contributed by atoms with Gasteiger partial charge >= 0.3 is 0 Å². The summed E-state index contributed by atoms with van der Waals surface area (Å²) in [5.74, 6) is -0.695. The normalized spacial score (nSPS) is 24.5. The number of hydrogen-bond acceptors (Lipinski definition) is 10. The van der Waals surface area contributed by atoms with Crippen molar-refractivity contribution in [2.75, 3.05) is 11.9 Å². The number of nitrogens with two attached hydrogens (primary N) is 1. The van der Waals surface area contributed by atoms with Gasteiger partial charge in [-0.3, -0.25) is 4.79 Å². The molecule has 3 aromatic rings. The van der Waals surface area contributed by atoms with Gasteiger partial charge in [0.2, 0.25) is 11.5 Å². The van der Waals surface area contributed by atoms with Crippen molar-refractivity contribution in [3.05, 3.63) is 59.8 Å². The molecule has 1 aromatic carbocycles. The molecular weight excluding hydrogens is 511 g/mol. The summed E-state index contributed by atoms with van der Waals surface area (Å²) in [4.78, 5) is 16.9. The van der Waals surface area contributed by atoms with Crippen LogP contribution in [0.4, 0.5) is 10.2 Å². The van der Waals surface area contributed by atoms with E-state index in [0.717, 1.165) is 6.33 Å². The van der Waals surface area contributed by atoms with Gasteiger partial charge in [-0.15, -0.1) is 0 Å². The number of aliphatic hydroxyl groups is 3. The molecule has 0 saturated carbocycles. The zero-order chi connectivity index (χ0) is 28.3. The molecule has 0 bridgehead atoms. The van der Waals surface area contributed by atoms with Crippen molar-refractivity contribution in [1.82, 2.24) is 14.6 Å². The molecule has 1 aliphatic rings. The minimum absolute atomic E-state index is 0.0882. The predicted molar refractivity (Wildman–Crippen MR) is 135 cm³/mol. The number of nitriles is 1. The fraction of sp³-hybridized carbons (Fsp3) is 0.462. The smallest absolute Gasteiger partial charge is 0.242 e. The fourth-order valence-corrected chi connectivity index (χ4v) is 4.48. The Hall–Kier alpha value is -3.51. The Morgan fingerprint density at radius 1 is 1.31 bits per heavy atom. The standard InChI is InChI=1S/C26H31FN6O6/c1-14(2)9-21(34)38-11-19-22(35)23(36)26(12-28,39-19)20-8-7-18-24(30-13-31-33(18)20)32-25(37)17(29)10-15-3-5-16(27)6-4-15/h3-8,13-14,17,19,21-23,34-36H,9-11,29H2,1-2H3,(H,30,31,32,37)/t17-,19+,21?,22+,23+,26-/m0/s1. The first-order valence-electron chi connectivity index (χ1n) is 12.4. The Bertz CT molecular complexity index is 1340. The SMILES string of the molecule is CC(C)CC(O)OC[C@H]1O[C@@](C#N)(c2ccc3c(NC(=O)[C@@H](N)Cc4ccc(F)cc4)ncnn23)[C@H](O)[C@@H]1O. The van der Waals surface area contributed by atoms with Crippen LogP contribution in [0.1, 0.15) is 31.5 Å². The molecule has 1 fully saturated rings. The van der Waals surface area contributed by atoms with Gasteiger partial charge in [0.05, 0.1) is 18.3 Å².